The molecule has 0 aliphatic rings. The molecule has 0 amide bonds. The van der Waals surface area contributed by atoms with Gasteiger partial charge in [-0.3, -0.25) is 0 Å². The Morgan fingerprint density at radius 3 is 1.45 bits per heavy atom. The Kier molecular flexibility index (Phi) is 4.24. The minimum atomic E-state index is 0.805. The zero-order valence-electron chi connectivity index (χ0n) is 10.5. The van der Waals surface area contributed by atoms with Gasteiger partial charge in [0.25, 0.3) is 0 Å². The first-order valence-corrected chi connectivity index (χ1v) is 8.75. The largest absolute Gasteiger partial charge is 0.180 e. The standard InChI is InChI=1S/C10H8N6S4/c1-5-11-15-9(17-5)19-7-3-4-8(14-13-7)20-10-16-12-6(2)18-10/h3-4H,1-2H3. The number of rotatable bonds is 4. The van der Waals surface area contributed by atoms with Crippen LogP contribution in [0.3, 0.4) is 0 Å². The fourth-order valence-electron chi connectivity index (χ4n) is 1.23. The Morgan fingerprint density at radius 2 is 1.15 bits per heavy atom. The molecule has 3 heterocycles. The van der Waals surface area contributed by atoms with E-state index in [2.05, 4.69) is 30.6 Å². The van der Waals surface area contributed by atoms with Crippen LogP contribution in [-0.4, -0.2) is 30.6 Å². The molecule has 0 saturated carbocycles. The second-order valence-electron chi connectivity index (χ2n) is 3.59. The molecule has 3 rings (SSSR count). The average molecular weight is 340 g/mol. The molecule has 0 radical (unpaired) electrons. The summed E-state index contributed by atoms with van der Waals surface area (Å²) in [6, 6.07) is 3.84. The summed E-state index contributed by atoms with van der Waals surface area (Å²) in [5, 5.41) is 27.9. The van der Waals surface area contributed by atoms with Crippen LogP contribution in [0.1, 0.15) is 10.0 Å². The minimum Gasteiger partial charge on any atom is -0.143 e. The van der Waals surface area contributed by atoms with Gasteiger partial charge in [0.05, 0.1) is 0 Å². The summed E-state index contributed by atoms with van der Waals surface area (Å²) in [5.41, 5.74) is 0. The molecule has 0 atom stereocenters. The van der Waals surface area contributed by atoms with Crippen molar-refractivity contribution in [1.82, 2.24) is 30.6 Å². The SMILES string of the molecule is Cc1nnc(Sc2ccc(Sc3nnc(C)s3)nn2)s1. The second-order valence-corrected chi connectivity index (χ2v) is 8.49. The smallest absolute Gasteiger partial charge is 0.143 e. The molecule has 0 aliphatic heterocycles. The van der Waals surface area contributed by atoms with Crippen LogP contribution in [0.15, 0.2) is 30.9 Å². The van der Waals surface area contributed by atoms with Gasteiger partial charge in [0.1, 0.15) is 20.1 Å². The Hall–Kier alpha value is -1.10. The highest BCUT2D eigenvalue weighted by Crippen LogP contribution is 2.31. The molecule has 0 N–H and O–H groups in total. The number of aromatic nitrogens is 6. The zero-order valence-corrected chi connectivity index (χ0v) is 13.7. The Balaban J connectivity index is 1.68. The quantitative estimate of drug-likeness (QED) is 0.717. The Morgan fingerprint density at radius 1 is 0.700 bits per heavy atom. The maximum Gasteiger partial charge on any atom is 0.180 e. The van der Waals surface area contributed by atoms with E-state index in [1.165, 1.54) is 23.5 Å². The van der Waals surface area contributed by atoms with Crippen molar-refractivity contribution in [3.05, 3.63) is 22.1 Å². The second kappa shape index (κ2) is 6.12. The van der Waals surface area contributed by atoms with Crippen LogP contribution in [0.25, 0.3) is 0 Å². The monoisotopic (exact) mass is 340 g/mol. The van der Waals surface area contributed by atoms with E-state index in [9.17, 15) is 0 Å². The summed E-state index contributed by atoms with van der Waals surface area (Å²) in [4.78, 5) is 0. The fraction of sp³-hybridized carbons (Fsp3) is 0.200. The van der Waals surface area contributed by atoms with Gasteiger partial charge in [0.15, 0.2) is 8.68 Å². The van der Waals surface area contributed by atoms with Gasteiger partial charge in [-0.15, -0.1) is 30.6 Å². The van der Waals surface area contributed by atoms with Crippen LogP contribution in [0.4, 0.5) is 0 Å². The molecule has 0 fully saturated rings. The maximum absolute atomic E-state index is 4.17. The topological polar surface area (TPSA) is 77.3 Å². The van der Waals surface area contributed by atoms with Gasteiger partial charge < -0.3 is 0 Å². The zero-order chi connectivity index (χ0) is 13.9. The van der Waals surface area contributed by atoms with Crippen LogP contribution in [0, 0.1) is 13.8 Å². The van der Waals surface area contributed by atoms with Gasteiger partial charge in [-0.1, -0.05) is 22.7 Å². The van der Waals surface area contributed by atoms with Gasteiger partial charge in [0, 0.05) is 0 Å². The van der Waals surface area contributed by atoms with Gasteiger partial charge in [-0.25, -0.2) is 0 Å². The maximum atomic E-state index is 4.17. The molecule has 0 spiro atoms. The lowest BCUT2D eigenvalue weighted by Gasteiger charge is -1.97. The molecule has 20 heavy (non-hydrogen) atoms. The molecule has 10 heteroatoms. The molecular formula is C10H8N6S4. The molecule has 0 aliphatic carbocycles. The normalized spacial score (nSPS) is 10.9. The van der Waals surface area contributed by atoms with Crippen molar-refractivity contribution in [3.63, 3.8) is 0 Å². The van der Waals surface area contributed by atoms with Crippen molar-refractivity contribution in [2.24, 2.45) is 0 Å². The molecule has 0 saturated heterocycles. The molecule has 0 unspecified atom stereocenters. The van der Waals surface area contributed by atoms with E-state index in [4.69, 9.17) is 0 Å². The van der Waals surface area contributed by atoms with E-state index in [0.29, 0.717) is 0 Å². The van der Waals surface area contributed by atoms with Crippen LogP contribution in [-0.2, 0) is 0 Å². The summed E-state index contributed by atoms with van der Waals surface area (Å²) in [6.45, 7) is 3.86. The van der Waals surface area contributed by atoms with Crippen LogP contribution < -0.4 is 0 Å². The van der Waals surface area contributed by atoms with Gasteiger partial charge in [-0.2, -0.15) is 0 Å². The van der Waals surface area contributed by atoms with Crippen molar-refractivity contribution in [2.45, 2.75) is 32.6 Å². The number of nitrogens with zero attached hydrogens (tertiary/aromatic N) is 6. The van der Waals surface area contributed by atoms with Crippen LogP contribution in [0.2, 0.25) is 0 Å². The number of hydrogen-bond donors (Lipinski definition) is 0. The van der Waals surface area contributed by atoms with E-state index in [-0.39, 0.29) is 0 Å². The highest BCUT2D eigenvalue weighted by molar-refractivity contribution is 8.01. The number of aryl methyl sites for hydroxylation is 2. The van der Waals surface area contributed by atoms with Crippen LogP contribution in [0.5, 0.6) is 0 Å². The van der Waals surface area contributed by atoms with Crippen molar-refractivity contribution in [1.29, 1.82) is 0 Å². The van der Waals surface area contributed by atoms with Gasteiger partial charge in [-0.05, 0) is 49.5 Å². The fourth-order valence-corrected chi connectivity index (χ4v) is 4.59. The third kappa shape index (κ3) is 3.51. The minimum absolute atomic E-state index is 0.805. The molecular weight excluding hydrogens is 332 g/mol. The van der Waals surface area contributed by atoms with E-state index >= 15 is 0 Å². The summed E-state index contributed by atoms with van der Waals surface area (Å²) in [7, 11) is 0. The molecule has 3 aromatic rings. The predicted octanol–water partition coefficient (Wildman–Crippen LogP) is 3.10. The van der Waals surface area contributed by atoms with Crippen LogP contribution >= 0.6 is 46.2 Å². The Bertz CT molecular complexity index is 645. The lowest BCUT2D eigenvalue weighted by Crippen LogP contribution is -1.87. The van der Waals surface area contributed by atoms with Gasteiger partial charge >= 0.3 is 0 Å². The van der Waals surface area contributed by atoms with Crippen molar-refractivity contribution >= 4 is 46.2 Å². The van der Waals surface area contributed by atoms with Crippen molar-refractivity contribution < 1.29 is 0 Å². The molecule has 6 nitrogen and oxygen atoms in total. The molecule has 0 bridgehead atoms. The summed E-state index contributed by atoms with van der Waals surface area (Å²) in [5.74, 6) is 0. The summed E-state index contributed by atoms with van der Waals surface area (Å²) in [6.07, 6.45) is 0. The molecule has 0 aromatic carbocycles. The van der Waals surface area contributed by atoms with Crippen molar-refractivity contribution in [2.75, 3.05) is 0 Å². The third-order valence-corrected chi connectivity index (χ3v) is 5.65. The Labute approximate surface area is 131 Å². The van der Waals surface area contributed by atoms with E-state index in [1.807, 2.05) is 26.0 Å². The highest BCUT2D eigenvalue weighted by Gasteiger charge is 2.08. The van der Waals surface area contributed by atoms with E-state index in [0.717, 1.165) is 28.7 Å². The number of hydrogen-bond acceptors (Lipinski definition) is 10. The first-order valence-electron chi connectivity index (χ1n) is 5.49. The highest BCUT2D eigenvalue weighted by atomic mass is 32.2. The summed E-state index contributed by atoms with van der Waals surface area (Å²) >= 11 is 6.02. The third-order valence-electron chi connectivity index (χ3n) is 2.01. The molecule has 102 valence electrons. The lowest BCUT2D eigenvalue weighted by molar-refractivity contribution is 0.851. The summed E-state index contributed by atoms with van der Waals surface area (Å²) < 4.78 is 1.74. The van der Waals surface area contributed by atoms with Crippen molar-refractivity contribution in [3.8, 4) is 0 Å². The van der Waals surface area contributed by atoms with E-state index < -0.39 is 0 Å². The lowest BCUT2D eigenvalue weighted by atomic mass is 10.6. The average Bonchev–Trinajstić information content (AvgIpc) is 3.01. The molecule has 3 aromatic heterocycles. The van der Waals surface area contributed by atoms with Gasteiger partial charge in [0.2, 0.25) is 0 Å². The first kappa shape index (κ1) is 13.9. The first-order chi connectivity index (χ1) is 9.69. The van der Waals surface area contributed by atoms with E-state index in [1.54, 1.807) is 22.7 Å². The predicted molar refractivity (Wildman–Crippen MR) is 79.6 cm³/mol.